The number of carboxylic acids is 1. The second kappa shape index (κ2) is 7.94. The van der Waals surface area contributed by atoms with Crippen LogP contribution < -0.4 is 0 Å². The molecule has 20 heavy (non-hydrogen) atoms. The molecule has 110 valence electrons. The molecule has 4 nitrogen and oxygen atoms in total. The minimum atomic E-state index is -0.889. The van der Waals surface area contributed by atoms with Gasteiger partial charge in [0.05, 0.1) is 6.42 Å². The summed E-state index contributed by atoms with van der Waals surface area (Å²) in [5.41, 5.74) is 1.72. The number of rotatable bonds is 7. The van der Waals surface area contributed by atoms with Crippen LogP contribution in [-0.2, 0) is 10.5 Å². The highest BCUT2D eigenvalue weighted by molar-refractivity contribution is 7.97. The van der Waals surface area contributed by atoms with Crippen molar-refractivity contribution >= 4 is 23.6 Å². The number of carbonyl (C=O) groups excluding carboxylic acids is 1. The molecule has 0 spiro atoms. The van der Waals surface area contributed by atoms with Crippen molar-refractivity contribution in [3.63, 3.8) is 0 Å². The molecule has 0 aliphatic rings. The van der Waals surface area contributed by atoms with Crippen molar-refractivity contribution in [3.05, 3.63) is 35.4 Å². The molecule has 1 amide bonds. The van der Waals surface area contributed by atoms with E-state index in [1.807, 2.05) is 38.3 Å². The number of thioether (sulfide) groups is 1. The van der Waals surface area contributed by atoms with E-state index in [0.717, 1.165) is 11.3 Å². The zero-order valence-electron chi connectivity index (χ0n) is 12.1. The summed E-state index contributed by atoms with van der Waals surface area (Å²) < 4.78 is 0. The molecule has 1 N–H and O–H groups in total. The van der Waals surface area contributed by atoms with Crippen molar-refractivity contribution in [1.29, 1.82) is 0 Å². The van der Waals surface area contributed by atoms with Crippen LogP contribution in [0.3, 0.4) is 0 Å². The van der Waals surface area contributed by atoms with Gasteiger partial charge in [-0.05, 0) is 37.8 Å². The smallest absolute Gasteiger partial charge is 0.305 e. The first-order valence-electron chi connectivity index (χ1n) is 6.56. The molecule has 0 fully saturated rings. The van der Waals surface area contributed by atoms with E-state index in [2.05, 4.69) is 0 Å². The Hall–Kier alpha value is -1.49. The van der Waals surface area contributed by atoms with Gasteiger partial charge in [0.1, 0.15) is 0 Å². The molecule has 5 heteroatoms. The maximum absolute atomic E-state index is 12.5. The molecule has 0 bridgehead atoms. The minimum Gasteiger partial charge on any atom is -0.481 e. The molecule has 1 aromatic carbocycles. The molecule has 0 saturated heterocycles. The van der Waals surface area contributed by atoms with Crippen molar-refractivity contribution in [3.8, 4) is 0 Å². The molecule has 0 heterocycles. The van der Waals surface area contributed by atoms with Crippen molar-refractivity contribution in [2.75, 3.05) is 12.8 Å². The lowest BCUT2D eigenvalue weighted by Gasteiger charge is -2.26. The van der Waals surface area contributed by atoms with Gasteiger partial charge in [0.25, 0.3) is 5.91 Å². The van der Waals surface area contributed by atoms with E-state index in [-0.39, 0.29) is 24.9 Å². The Morgan fingerprint density at radius 3 is 2.60 bits per heavy atom. The second-order valence-electron chi connectivity index (χ2n) is 4.87. The number of carbonyl (C=O) groups is 2. The molecule has 0 aliphatic carbocycles. The van der Waals surface area contributed by atoms with Crippen molar-refractivity contribution in [2.24, 2.45) is 0 Å². The Bertz CT molecular complexity index is 474. The topological polar surface area (TPSA) is 57.6 Å². The standard InChI is InChI=1S/C15H21NO3S/c1-11(2)16(8-7-14(17)18)15(19)13-6-4-5-12(9-13)10-20-3/h4-6,9,11H,7-8,10H2,1-3H3,(H,17,18). The van der Waals surface area contributed by atoms with Crippen LogP contribution in [0.25, 0.3) is 0 Å². The van der Waals surface area contributed by atoms with Gasteiger partial charge in [0, 0.05) is 23.9 Å². The molecular weight excluding hydrogens is 274 g/mol. The zero-order valence-corrected chi connectivity index (χ0v) is 12.9. The molecule has 0 saturated carbocycles. The summed E-state index contributed by atoms with van der Waals surface area (Å²) in [6, 6.07) is 7.50. The monoisotopic (exact) mass is 295 g/mol. The number of hydrogen-bond donors (Lipinski definition) is 1. The third kappa shape index (κ3) is 4.89. The highest BCUT2D eigenvalue weighted by Gasteiger charge is 2.19. The number of nitrogens with zero attached hydrogens (tertiary/aromatic N) is 1. The van der Waals surface area contributed by atoms with Crippen molar-refractivity contribution in [2.45, 2.75) is 32.1 Å². The van der Waals surface area contributed by atoms with Gasteiger partial charge in [0.15, 0.2) is 0 Å². The quantitative estimate of drug-likeness (QED) is 0.840. The molecule has 1 aromatic rings. The fourth-order valence-electron chi connectivity index (χ4n) is 1.94. The summed E-state index contributed by atoms with van der Waals surface area (Å²) in [7, 11) is 0. The maximum Gasteiger partial charge on any atom is 0.305 e. The van der Waals surface area contributed by atoms with E-state index in [9.17, 15) is 9.59 Å². The Labute approximate surface area is 124 Å². The summed E-state index contributed by atoms with van der Waals surface area (Å²) >= 11 is 1.70. The van der Waals surface area contributed by atoms with E-state index >= 15 is 0 Å². The number of hydrogen-bond acceptors (Lipinski definition) is 3. The van der Waals surface area contributed by atoms with E-state index < -0.39 is 5.97 Å². The largest absolute Gasteiger partial charge is 0.481 e. The molecular formula is C15H21NO3S. The van der Waals surface area contributed by atoms with Crippen LogP contribution in [-0.4, -0.2) is 40.7 Å². The predicted octanol–water partition coefficient (Wildman–Crippen LogP) is 2.87. The van der Waals surface area contributed by atoms with E-state index in [0.29, 0.717) is 5.56 Å². The van der Waals surface area contributed by atoms with Gasteiger partial charge < -0.3 is 10.0 Å². The number of carboxylic acid groups (broad SMARTS) is 1. The first-order chi connectivity index (χ1) is 9.45. The number of benzene rings is 1. The maximum atomic E-state index is 12.5. The number of aliphatic carboxylic acids is 1. The van der Waals surface area contributed by atoms with Crippen molar-refractivity contribution in [1.82, 2.24) is 4.90 Å². The fraction of sp³-hybridized carbons (Fsp3) is 0.467. The highest BCUT2D eigenvalue weighted by Crippen LogP contribution is 2.14. The minimum absolute atomic E-state index is 0.0222. The Morgan fingerprint density at radius 2 is 2.05 bits per heavy atom. The summed E-state index contributed by atoms with van der Waals surface area (Å²) in [5, 5.41) is 8.77. The van der Waals surface area contributed by atoms with Crippen LogP contribution in [0, 0.1) is 0 Å². The molecule has 0 aromatic heterocycles. The Kier molecular flexibility index (Phi) is 6.58. The molecule has 0 atom stereocenters. The summed E-state index contributed by atoms with van der Waals surface area (Å²) in [6.45, 7) is 4.02. The van der Waals surface area contributed by atoms with Crippen LogP contribution in [0.1, 0.15) is 36.2 Å². The first-order valence-corrected chi connectivity index (χ1v) is 7.95. The van der Waals surface area contributed by atoms with Crippen LogP contribution >= 0.6 is 11.8 Å². The van der Waals surface area contributed by atoms with Crippen LogP contribution in [0.15, 0.2) is 24.3 Å². The summed E-state index contributed by atoms with van der Waals surface area (Å²) in [6.07, 6.45) is 1.98. The predicted molar refractivity (Wildman–Crippen MR) is 82.1 cm³/mol. The molecule has 1 rings (SSSR count). The third-order valence-corrected chi connectivity index (χ3v) is 3.56. The number of amides is 1. The van der Waals surface area contributed by atoms with Crippen LogP contribution in [0.2, 0.25) is 0 Å². The lowest BCUT2D eigenvalue weighted by Crippen LogP contribution is -2.38. The van der Waals surface area contributed by atoms with E-state index in [4.69, 9.17) is 5.11 Å². The van der Waals surface area contributed by atoms with Gasteiger partial charge in [-0.3, -0.25) is 9.59 Å². The van der Waals surface area contributed by atoms with Gasteiger partial charge in [0.2, 0.25) is 0 Å². The fourth-order valence-corrected chi connectivity index (χ4v) is 2.45. The van der Waals surface area contributed by atoms with Gasteiger partial charge in [-0.25, -0.2) is 0 Å². The average Bonchev–Trinajstić information content (AvgIpc) is 2.38. The van der Waals surface area contributed by atoms with Gasteiger partial charge >= 0.3 is 5.97 Å². The van der Waals surface area contributed by atoms with Gasteiger partial charge in [-0.1, -0.05) is 12.1 Å². The van der Waals surface area contributed by atoms with E-state index in [1.165, 1.54) is 0 Å². The summed E-state index contributed by atoms with van der Waals surface area (Å²) in [4.78, 5) is 24.8. The highest BCUT2D eigenvalue weighted by atomic mass is 32.2. The molecule has 0 unspecified atom stereocenters. The Morgan fingerprint density at radius 1 is 1.35 bits per heavy atom. The SMILES string of the molecule is CSCc1cccc(C(=O)N(CCC(=O)O)C(C)C)c1. The third-order valence-electron chi connectivity index (χ3n) is 2.94. The molecule has 0 aliphatic heterocycles. The van der Waals surface area contributed by atoms with Gasteiger partial charge in [-0.2, -0.15) is 11.8 Å². The van der Waals surface area contributed by atoms with Crippen LogP contribution in [0.5, 0.6) is 0 Å². The van der Waals surface area contributed by atoms with Crippen LogP contribution in [0.4, 0.5) is 0 Å². The summed E-state index contributed by atoms with van der Waals surface area (Å²) in [5.74, 6) is -0.137. The average molecular weight is 295 g/mol. The zero-order chi connectivity index (χ0) is 15.1. The second-order valence-corrected chi connectivity index (χ2v) is 5.74. The first kappa shape index (κ1) is 16.6. The van der Waals surface area contributed by atoms with Gasteiger partial charge in [-0.15, -0.1) is 0 Å². The van der Waals surface area contributed by atoms with E-state index in [1.54, 1.807) is 22.7 Å². The normalized spacial score (nSPS) is 10.6. The lowest BCUT2D eigenvalue weighted by atomic mass is 10.1. The van der Waals surface area contributed by atoms with Crippen molar-refractivity contribution < 1.29 is 14.7 Å². The lowest BCUT2D eigenvalue weighted by molar-refractivity contribution is -0.137. The Balaban J connectivity index is 2.88. The molecule has 0 radical (unpaired) electrons.